The summed E-state index contributed by atoms with van der Waals surface area (Å²) >= 11 is 0. The number of carboxylic acids is 1. The Labute approximate surface area is 99.0 Å². The van der Waals surface area contributed by atoms with Crippen LogP contribution in [0.2, 0.25) is 0 Å². The van der Waals surface area contributed by atoms with E-state index in [0.29, 0.717) is 13.1 Å². The zero-order valence-corrected chi connectivity index (χ0v) is 9.51. The first-order valence-corrected chi connectivity index (χ1v) is 5.38. The topological polar surface area (TPSA) is 69.6 Å². The van der Waals surface area contributed by atoms with Gasteiger partial charge in [-0.25, -0.2) is 4.79 Å². The molecule has 0 aliphatic carbocycles. The van der Waals surface area contributed by atoms with Crippen LogP contribution < -0.4 is 5.32 Å². The summed E-state index contributed by atoms with van der Waals surface area (Å²) in [6, 6.07) is 6.79. The van der Waals surface area contributed by atoms with Crippen molar-refractivity contribution in [3.63, 3.8) is 0 Å². The van der Waals surface area contributed by atoms with Crippen molar-refractivity contribution in [1.82, 2.24) is 10.2 Å². The molecule has 1 aromatic rings. The third-order valence-corrected chi connectivity index (χ3v) is 2.94. The van der Waals surface area contributed by atoms with Gasteiger partial charge in [-0.1, -0.05) is 12.1 Å². The van der Waals surface area contributed by atoms with Crippen molar-refractivity contribution >= 4 is 11.9 Å². The Morgan fingerprint density at radius 2 is 2.06 bits per heavy atom. The minimum atomic E-state index is -0.930. The number of aromatic carboxylic acids is 1. The molecule has 2 N–H and O–H groups in total. The SMILES string of the molecule is CN1CC(c2ccc(C(=O)O)cc2)NCC1=O. The van der Waals surface area contributed by atoms with Gasteiger partial charge in [0.05, 0.1) is 18.2 Å². The van der Waals surface area contributed by atoms with Gasteiger partial charge in [0.15, 0.2) is 0 Å². The summed E-state index contributed by atoms with van der Waals surface area (Å²) in [5.41, 5.74) is 1.27. The van der Waals surface area contributed by atoms with Gasteiger partial charge < -0.3 is 10.0 Å². The van der Waals surface area contributed by atoms with Crippen molar-refractivity contribution in [3.05, 3.63) is 35.4 Å². The lowest BCUT2D eigenvalue weighted by atomic mass is 10.0. The molecule has 1 heterocycles. The Morgan fingerprint density at radius 1 is 1.41 bits per heavy atom. The summed E-state index contributed by atoms with van der Waals surface area (Å²) in [7, 11) is 1.77. The molecule has 5 heteroatoms. The molecule has 1 aliphatic heterocycles. The molecule has 0 aromatic heterocycles. The van der Waals surface area contributed by atoms with Crippen LogP contribution in [0.5, 0.6) is 0 Å². The fraction of sp³-hybridized carbons (Fsp3) is 0.333. The molecule has 0 bridgehead atoms. The maximum Gasteiger partial charge on any atom is 0.335 e. The van der Waals surface area contributed by atoms with Crippen molar-refractivity contribution in [2.75, 3.05) is 20.1 Å². The van der Waals surface area contributed by atoms with Crippen LogP contribution in [0.15, 0.2) is 24.3 Å². The highest BCUT2D eigenvalue weighted by atomic mass is 16.4. The lowest BCUT2D eigenvalue weighted by Gasteiger charge is -2.31. The average molecular weight is 234 g/mol. The van der Waals surface area contributed by atoms with E-state index in [0.717, 1.165) is 5.56 Å². The number of nitrogens with zero attached hydrogens (tertiary/aromatic N) is 1. The highest BCUT2D eigenvalue weighted by molar-refractivity contribution is 5.87. The molecule has 0 radical (unpaired) electrons. The fourth-order valence-electron chi connectivity index (χ4n) is 1.87. The summed E-state index contributed by atoms with van der Waals surface area (Å²) in [5.74, 6) is -0.858. The molecule has 1 fully saturated rings. The van der Waals surface area contributed by atoms with Crippen molar-refractivity contribution in [2.45, 2.75) is 6.04 Å². The van der Waals surface area contributed by atoms with Crippen molar-refractivity contribution in [2.24, 2.45) is 0 Å². The number of rotatable bonds is 2. The number of carbonyl (C=O) groups excluding carboxylic acids is 1. The van der Waals surface area contributed by atoms with Gasteiger partial charge in [-0.05, 0) is 17.7 Å². The quantitative estimate of drug-likeness (QED) is 0.781. The van der Waals surface area contributed by atoms with E-state index >= 15 is 0 Å². The van der Waals surface area contributed by atoms with E-state index in [1.54, 1.807) is 36.2 Å². The smallest absolute Gasteiger partial charge is 0.335 e. The molecule has 1 saturated heterocycles. The van der Waals surface area contributed by atoms with Crippen LogP contribution in [0.3, 0.4) is 0 Å². The van der Waals surface area contributed by atoms with Crippen LogP contribution >= 0.6 is 0 Å². The normalized spacial score (nSPS) is 20.4. The van der Waals surface area contributed by atoms with Crippen molar-refractivity contribution in [1.29, 1.82) is 0 Å². The first kappa shape index (κ1) is 11.6. The zero-order chi connectivity index (χ0) is 12.4. The number of carboxylic acid groups (broad SMARTS) is 1. The first-order valence-electron chi connectivity index (χ1n) is 5.38. The second-order valence-electron chi connectivity index (χ2n) is 4.13. The van der Waals surface area contributed by atoms with Gasteiger partial charge in [0, 0.05) is 13.6 Å². The van der Waals surface area contributed by atoms with E-state index in [4.69, 9.17) is 5.11 Å². The lowest BCUT2D eigenvalue weighted by Crippen LogP contribution is -2.47. The minimum Gasteiger partial charge on any atom is -0.478 e. The van der Waals surface area contributed by atoms with Gasteiger partial charge in [0.25, 0.3) is 0 Å². The van der Waals surface area contributed by atoms with E-state index in [2.05, 4.69) is 5.32 Å². The summed E-state index contributed by atoms with van der Waals surface area (Å²) in [6.07, 6.45) is 0. The van der Waals surface area contributed by atoms with E-state index in [9.17, 15) is 9.59 Å². The highest BCUT2D eigenvalue weighted by Crippen LogP contribution is 2.17. The van der Waals surface area contributed by atoms with Crippen LogP contribution in [-0.4, -0.2) is 42.0 Å². The molecule has 1 aromatic carbocycles. The molecular weight excluding hydrogens is 220 g/mol. The molecule has 5 nitrogen and oxygen atoms in total. The molecule has 1 amide bonds. The third-order valence-electron chi connectivity index (χ3n) is 2.94. The number of benzene rings is 1. The van der Waals surface area contributed by atoms with Crippen molar-refractivity contribution < 1.29 is 14.7 Å². The number of nitrogens with one attached hydrogen (secondary N) is 1. The second kappa shape index (κ2) is 4.55. The van der Waals surface area contributed by atoms with Crippen LogP contribution in [0.25, 0.3) is 0 Å². The highest BCUT2D eigenvalue weighted by Gasteiger charge is 2.23. The molecule has 17 heavy (non-hydrogen) atoms. The summed E-state index contributed by atoms with van der Waals surface area (Å²) in [6.45, 7) is 0.924. The number of likely N-dealkylation sites (N-methyl/N-ethyl adjacent to an activating group) is 1. The number of carbonyl (C=O) groups is 2. The molecule has 1 atom stereocenters. The van der Waals surface area contributed by atoms with Gasteiger partial charge >= 0.3 is 5.97 Å². The summed E-state index contributed by atoms with van der Waals surface area (Å²) < 4.78 is 0. The van der Waals surface area contributed by atoms with Crippen LogP contribution in [0.1, 0.15) is 22.0 Å². The Kier molecular flexibility index (Phi) is 3.10. The Bertz CT molecular complexity index is 442. The molecule has 0 saturated carbocycles. The van der Waals surface area contributed by atoms with Crippen molar-refractivity contribution in [3.8, 4) is 0 Å². The molecule has 90 valence electrons. The van der Waals surface area contributed by atoms with Crippen LogP contribution in [0, 0.1) is 0 Å². The van der Waals surface area contributed by atoms with Gasteiger partial charge in [-0.3, -0.25) is 10.1 Å². The third kappa shape index (κ3) is 2.45. The maximum atomic E-state index is 11.3. The van der Waals surface area contributed by atoms with Crippen LogP contribution in [-0.2, 0) is 4.79 Å². The average Bonchev–Trinajstić information content (AvgIpc) is 2.33. The van der Waals surface area contributed by atoms with Crippen LogP contribution in [0.4, 0.5) is 0 Å². The summed E-state index contributed by atoms with van der Waals surface area (Å²) in [5, 5.41) is 11.9. The number of piperazine rings is 1. The van der Waals surface area contributed by atoms with E-state index in [-0.39, 0.29) is 17.5 Å². The van der Waals surface area contributed by atoms with Gasteiger partial charge in [0.2, 0.25) is 5.91 Å². The van der Waals surface area contributed by atoms with E-state index < -0.39 is 5.97 Å². The predicted molar refractivity (Wildman–Crippen MR) is 61.8 cm³/mol. The first-order chi connectivity index (χ1) is 8.08. The van der Waals surface area contributed by atoms with E-state index in [1.165, 1.54) is 0 Å². The lowest BCUT2D eigenvalue weighted by molar-refractivity contribution is -0.131. The molecule has 1 unspecified atom stereocenters. The molecule has 0 spiro atoms. The Morgan fingerprint density at radius 3 is 2.59 bits per heavy atom. The van der Waals surface area contributed by atoms with E-state index in [1.807, 2.05) is 0 Å². The predicted octanol–water partition coefficient (Wildman–Crippen LogP) is 0.488. The minimum absolute atomic E-state index is 0.0699. The number of amides is 1. The molecule has 2 rings (SSSR count). The Hall–Kier alpha value is -1.88. The van der Waals surface area contributed by atoms with Gasteiger partial charge in [-0.15, -0.1) is 0 Å². The number of hydrogen-bond acceptors (Lipinski definition) is 3. The zero-order valence-electron chi connectivity index (χ0n) is 9.51. The summed E-state index contributed by atoms with van der Waals surface area (Å²) in [4.78, 5) is 23.7. The fourth-order valence-corrected chi connectivity index (χ4v) is 1.87. The second-order valence-corrected chi connectivity index (χ2v) is 4.13. The van der Waals surface area contributed by atoms with Gasteiger partial charge in [0.1, 0.15) is 0 Å². The maximum absolute atomic E-state index is 11.3. The molecular formula is C12H14N2O3. The standard InChI is InChI=1S/C12H14N2O3/c1-14-7-10(13-6-11(14)15)8-2-4-9(5-3-8)12(16)17/h2-5,10,13H,6-7H2,1H3,(H,16,17). The monoisotopic (exact) mass is 234 g/mol. The Balaban J connectivity index is 2.12. The largest absolute Gasteiger partial charge is 0.478 e. The number of hydrogen-bond donors (Lipinski definition) is 2. The molecule has 1 aliphatic rings. The van der Waals surface area contributed by atoms with Gasteiger partial charge in [-0.2, -0.15) is 0 Å².